The van der Waals surface area contributed by atoms with E-state index in [1.807, 2.05) is 0 Å². The molecule has 0 aromatic heterocycles. The number of aliphatic hydroxyl groups is 1. The van der Waals surface area contributed by atoms with Crippen molar-refractivity contribution in [3.8, 4) is 0 Å². The van der Waals surface area contributed by atoms with Crippen molar-refractivity contribution in [1.82, 2.24) is 0 Å². The first-order valence-electron chi connectivity index (χ1n) is 15.9. The van der Waals surface area contributed by atoms with E-state index in [1.54, 1.807) is 0 Å². The van der Waals surface area contributed by atoms with E-state index >= 15 is 0 Å². The normalized spacial score (nSPS) is 11.3. The van der Waals surface area contributed by atoms with Crippen LogP contribution in [0.5, 0.6) is 0 Å². The summed E-state index contributed by atoms with van der Waals surface area (Å²) in [5.41, 5.74) is 5.04. The molecule has 0 saturated carbocycles. The van der Waals surface area contributed by atoms with Gasteiger partial charge in [-0.05, 0) is 89.2 Å². The van der Waals surface area contributed by atoms with Gasteiger partial charge in [-0.15, -0.1) is 0 Å². The summed E-state index contributed by atoms with van der Waals surface area (Å²) in [6, 6.07) is 57.8. The highest BCUT2D eigenvalue weighted by molar-refractivity contribution is 7.80. The second kappa shape index (κ2) is 15.4. The van der Waals surface area contributed by atoms with E-state index in [9.17, 15) is 5.11 Å². The Kier molecular flexibility index (Phi) is 10.7. The lowest BCUT2D eigenvalue weighted by molar-refractivity contribution is 0.280. The predicted molar refractivity (Wildman–Crippen MR) is 198 cm³/mol. The van der Waals surface area contributed by atoms with Crippen LogP contribution >= 0.6 is 15.8 Å². The van der Waals surface area contributed by atoms with Crippen molar-refractivity contribution in [2.45, 2.75) is 39.2 Å². The van der Waals surface area contributed by atoms with Crippen molar-refractivity contribution in [3.63, 3.8) is 0 Å². The first kappa shape index (κ1) is 31.1. The fraction of sp³-hybridized carbons (Fsp3) is 0.143. The summed E-state index contributed by atoms with van der Waals surface area (Å²) in [6.45, 7) is 2.30. The maximum Gasteiger partial charge on any atom is 0.0684 e. The van der Waals surface area contributed by atoms with Crippen LogP contribution in [0, 0.1) is 0 Å². The van der Waals surface area contributed by atoms with Gasteiger partial charge in [-0.1, -0.05) is 171 Å². The Morgan fingerprint density at radius 2 is 0.911 bits per heavy atom. The average molecular weight is 623 g/mol. The van der Waals surface area contributed by atoms with Gasteiger partial charge < -0.3 is 5.11 Å². The predicted octanol–water partition coefficient (Wildman–Crippen LogP) is 7.43. The topological polar surface area (TPSA) is 20.2 Å². The molecule has 6 rings (SSSR count). The molecule has 0 unspecified atom stereocenters. The van der Waals surface area contributed by atoms with Crippen LogP contribution in [0.4, 0.5) is 0 Å². The van der Waals surface area contributed by atoms with Crippen molar-refractivity contribution in [2.24, 2.45) is 0 Å². The highest BCUT2D eigenvalue weighted by Crippen LogP contribution is 2.36. The summed E-state index contributed by atoms with van der Waals surface area (Å²) >= 11 is 0. The van der Waals surface area contributed by atoms with Crippen LogP contribution in [-0.2, 0) is 25.9 Å². The molecule has 1 nitrogen and oxygen atoms in total. The van der Waals surface area contributed by atoms with E-state index in [4.69, 9.17) is 0 Å². The fourth-order valence-electron chi connectivity index (χ4n) is 6.10. The minimum absolute atomic E-state index is 0.0745. The first-order chi connectivity index (χ1) is 22.2. The highest BCUT2D eigenvalue weighted by atomic mass is 31.1. The summed E-state index contributed by atoms with van der Waals surface area (Å²) < 4.78 is 0. The lowest BCUT2D eigenvalue weighted by Crippen LogP contribution is -2.25. The zero-order chi connectivity index (χ0) is 30.8. The highest BCUT2D eigenvalue weighted by Gasteiger charge is 2.22. The molecule has 0 saturated heterocycles. The lowest BCUT2D eigenvalue weighted by Gasteiger charge is -2.25. The monoisotopic (exact) mass is 622 g/mol. The minimum atomic E-state index is -0.747. The number of hydrogen-bond donors (Lipinski definition) is 1. The van der Waals surface area contributed by atoms with Crippen LogP contribution < -0.4 is 31.8 Å². The van der Waals surface area contributed by atoms with Crippen molar-refractivity contribution < 1.29 is 5.11 Å². The third-order valence-electron chi connectivity index (χ3n) is 8.24. The van der Waals surface area contributed by atoms with Crippen LogP contribution in [0.2, 0.25) is 0 Å². The van der Waals surface area contributed by atoms with Gasteiger partial charge in [0.15, 0.2) is 0 Å². The number of aliphatic hydroxyl groups excluding tert-OH is 1. The van der Waals surface area contributed by atoms with E-state index in [2.05, 4.69) is 165 Å². The third kappa shape index (κ3) is 7.52. The Morgan fingerprint density at radius 1 is 0.422 bits per heavy atom. The van der Waals surface area contributed by atoms with Gasteiger partial charge >= 0.3 is 0 Å². The van der Waals surface area contributed by atoms with Crippen molar-refractivity contribution in [3.05, 3.63) is 180 Å². The molecule has 0 radical (unpaired) electrons. The maximum absolute atomic E-state index is 10.4. The molecule has 6 aromatic carbocycles. The first-order valence-corrected chi connectivity index (χ1v) is 18.6. The van der Waals surface area contributed by atoms with Gasteiger partial charge in [-0.25, -0.2) is 0 Å². The maximum atomic E-state index is 10.4. The SMILES string of the molecule is CCCc1cc(P(c2ccccc2)c2ccccc2)c(CCc2cccc(P(c3ccccc3)c3ccccc3)c2)cc1CO. The Balaban J connectivity index is 1.39. The summed E-state index contributed by atoms with van der Waals surface area (Å²) in [4.78, 5) is 0. The number of rotatable bonds is 12. The molecule has 0 spiro atoms. The molecule has 1 N–H and O–H groups in total. The van der Waals surface area contributed by atoms with Crippen LogP contribution in [0.15, 0.2) is 158 Å². The molecule has 0 atom stereocenters. The van der Waals surface area contributed by atoms with Crippen LogP contribution in [0.1, 0.15) is 35.6 Å². The second-order valence-corrected chi connectivity index (χ2v) is 15.7. The Hall–Kier alpha value is -3.86. The molecular formula is C42H40OP2. The molecule has 224 valence electrons. The summed E-state index contributed by atoms with van der Waals surface area (Å²) in [5, 5.41) is 18.7. The third-order valence-corrected chi connectivity index (χ3v) is 13.2. The Morgan fingerprint density at radius 3 is 1.40 bits per heavy atom. The van der Waals surface area contributed by atoms with Crippen LogP contribution in [0.3, 0.4) is 0 Å². The zero-order valence-corrected chi connectivity index (χ0v) is 27.7. The summed E-state index contributed by atoms with van der Waals surface area (Å²) in [6.07, 6.45) is 3.89. The van der Waals surface area contributed by atoms with Crippen molar-refractivity contribution in [1.29, 1.82) is 0 Å². The molecule has 45 heavy (non-hydrogen) atoms. The van der Waals surface area contributed by atoms with Gasteiger partial charge in [-0.2, -0.15) is 0 Å². The average Bonchev–Trinajstić information content (AvgIpc) is 3.10. The standard InChI is InChI=1S/C42H40OP2/c1-2-16-34-31-42(45(39-22-11-5-12-23-39)40-24-13-6-14-25-40)35(30-36(34)32-43)28-27-33-17-15-26-41(29-33)44(37-18-7-3-8-19-37)38-20-9-4-10-21-38/h3-15,17-26,29-31,43H,2,16,27-28,32H2,1H3. The fourth-order valence-corrected chi connectivity index (χ4v) is 11.0. The lowest BCUT2D eigenvalue weighted by atomic mass is 9.97. The van der Waals surface area contributed by atoms with E-state index < -0.39 is 15.8 Å². The molecule has 0 fully saturated rings. The quantitative estimate of drug-likeness (QED) is 0.141. The van der Waals surface area contributed by atoms with Gasteiger partial charge in [-0.3, -0.25) is 0 Å². The molecule has 0 heterocycles. The van der Waals surface area contributed by atoms with E-state index in [0.717, 1.165) is 31.2 Å². The van der Waals surface area contributed by atoms with Gasteiger partial charge in [0.1, 0.15) is 0 Å². The van der Waals surface area contributed by atoms with E-state index in [-0.39, 0.29) is 6.61 Å². The molecule has 6 aromatic rings. The Labute approximate surface area is 271 Å². The minimum Gasteiger partial charge on any atom is -0.392 e. The molecule has 0 amide bonds. The summed E-state index contributed by atoms with van der Waals surface area (Å²) in [5.74, 6) is 0. The number of benzene rings is 6. The Bertz CT molecular complexity index is 1710. The summed E-state index contributed by atoms with van der Waals surface area (Å²) in [7, 11) is -1.40. The molecule has 3 heteroatoms. The number of aryl methyl sites for hydroxylation is 3. The molecule has 0 aliphatic heterocycles. The van der Waals surface area contributed by atoms with Gasteiger partial charge in [0, 0.05) is 0 Å². The number of hydrogen-bond acceptors (Lipinski definition) is 1. The largest absolute Gasteiger partial charge is 0.392 e. The van der Waals surface area contributed by atoms with Crippen LogP contribution in [0.25, 0.3) is 0 Å². The molecular weight excluding hydrogens is 582 g/mol. The van der Waals surface area contributed by atoms with E-state index in [1.165, 1.54) is 48.5 Å². The molecule has 0 bridgehead atoms. The van der Waals surface area contributed by atoms with E-state index in [0.29, 0.717) is 0 Å². The molecule has 0 aliphatic rings. The second-order valence-electron chi connectivity index (χ2n) is 11.3. The van der Waals surface area contributed by atoms with Gasteiger partial charge in [0.05, 0.1) is 6.61 Å². The van der Waals surface area contributed by atoms with Gasteiger partial charge in [0.2, 0.25) is 0 Å². The van der Waals surface area contributed by atoms with Gasteiger partial charge in [0.25, 0.3) is 0 Å². The van der Waals surface area contributed by atoms with Crippen molar-refractivity contribution >= 4 is 47.7 Å². The molecule has 0 aliphatic carbocycles. The van der Waals surface area contributed by atoms with Crippen LogP contribution in [-0.4, -0.2) is 5.11 Å². The zero-order valence-electron chi connectivity index (χ0n) is 25.9. The van der Waals surface area contributed by atoms with Crippen molar-refractivity contribution in [2.75, 3.05) is 0 Å². The smallest absolute Gasteiger partial charge is 0.0684 e.